The summed E-state index contributed by atoms with van der Waals surface area (Å²) >= 11 is 1.31. The van der Waals surface area contributed by atoms with Crippen LogP contribution in [0.1, 0.15) is 15.2 Å². The number of piperazine rings is 1. The van der Waals surface area contributed by atoms with E-state index < -0.39 is 22.2 Å². The van der Waals surface area contributed by atoms with Crippen LogP contribution in [0.5, 0.6) is 0 Å². The molecular weight excluding hydrogens is 502 g/mol. The van der Waals surface area contributed by atoms with Crippen molar-refractivity contribution in [2.24, 2.45) is 0 Å². The fraction of sp³-hybridized carbons (Fsp3) is 0.400. The Hall–Kier alpha value is -2.55. The van der Waals surface area contributed by atoms with Crippen molar-refractivity contribution in [1.29, 1.82) is 0 Å². The van der Waals surface area contributed by atoms with Gasteiger partial charge in [0.15, 0.2) is 0 Å². The normalized spacial score (nSPS) is 14.7. The lowest BCUT2D eigenvalue weighted by atomic mass is 10.2. The van der Waals surface area contributed by atoms with Crippen molar-refractivity contribution in [1.82, 2.24) is 14.5 Å². The van der Waals surface area contributed by atoms with E-state index in [4.69, 9.17) is 9.90 Å². The van der Waals surface area contributed by atoms with Crippen LogP contribution in [-0.4, -0.2) is 79.3 Å². The van der Waals surface area contributed by atoms with Crippen LogP contribution in [0, 0.1) is 5.82 Å². The summed E-state index contributed by atoms with van der Waals surface area (Å²) < 4.78 is 71.6. The SMILES string of the molecule is O=C(O)C(F)(F)F.O=C(c1cccs1)N(CCS(=O)(=O)N1CCNCC1)Cc1ccc(F)cc1. The molecule has 0 radical (unpaired) electrons. The average Bonchev–Trinajstić information content (AvgIpc) is 3.33. The first-order valence-electron chi connectivity index (χ1n) is 9.96. The largest absolute Gasteiger partial charge is 0.490 e. The van der Waals surface area contributed by atoms with Crippen molar-refractivity contribution in [3.63, 3.8) is 0 Å². The minimum Gasteiger partial charge on any atom is -0.475 e. The van der Waals surface area contributed by atoms with Gasteiger partial charge in [-0.15, -0.1) is 11.3 Å². The van der Waals surface area contributed by atoms with Gasteiger partial charge in [-0.1, -0.05) is 18.2 Å². The highest BCUT2D eigenvalue weighted by molar-refractivity contribution is 7.89. The number of carbonyl (C=O) groups is 2. The van der Waals surface area contributed by atoms with Crippen LogP contribution in [0.25, 0.3) is 0 Å². The summed E-state index contributed by atoms with van der Waals surface area (Å²) in [5, 5.41) is 12.1. The van der Waals surface area contributed by atoms with Gasteiger partial charge in [0.05, 0.1) is 10.6 Å². The Labute approximate surface area is 197 Å². The number of thiophene rings is 1. The monoisotopic (exact) mass is 525 g/mol. The summed E-state index contributed by atoms with van der Waals surface area (Å²) in [5.41, 5.74) is 0.751. The molecule has 0 bridgehead atoms. The maximum absolute atomic E-state index is 13.1. The van der Waals surface area contributed by atoms with Gasteiger partial charge in [-0.25, -0.2) is 17.6 Å². The van der Waals surface area contributed by atoms with Crippen LogP contribution in [0.3, 0.4) is 0 Å². The van der Waals surface area contributed by atoms with E-state index in [1.807, 2.05) is 0 Å². The highest BCUT2D eigenvalue weighted by Crippen LogP contribution is 2.16. The maximum atomic E-state index is 13.1. The molecule has 1 aromatic carbocycles. The van der Waals surface area contributed by atoms with Gasteiger partial charge in [0.2, 0.25) is 10.0 Å². The molecule has 0 saturated carbocycles. The zero-order chi connectivity index (χ0) is 25.4. The Kier molecular flexibility index (Phi) is 9.97. The van der Waals surface area contributed by atoms with E-state index in [0.29, 0.717) is 31.1 Å². The zero-order valence-corrected chi connectivity index (χ0v) is 19.4. The number of halogens is 4. The first kappa shape index (κ1) is 27.7. The topological polar surface area (TPSA) is 107 Å². The van der Waals surface area contributed by atoms with E-state index in [0.717, 1.165) is 5.56 Å². The van der Waals surface area contributed by atoms with Crippen LogP contribution in [0.4, 0.5) is 17.6 Å². The van der Waals surface area contributed by atoms with Gasteiger partial charge in [-0.05, 0) is 29.1 Å². The van der Waals surface area contributed by atoms with E-state index >= 15 is 0 Å². The number of benzene rings is 1. The molecule has 0 atom stereocenters. The van der Waals surface area contributed by atoms with Gasteiger partial charge < -0.3 is 15.3 Å². The van der Waals surface area contributed by atoms with Crippen molar-refractivity contribution >= 4 is 33.2 Å². The molecule has 8 nitrogen and oxygen atoms in total. The number of aliphatic carboxylic acids is 1. The van der Waals surface area contributed by atoms with Gasteiger partial charge in [0.1, 0.15) is 5.82 Å². The standard InChI is InChI=1S/C18H22FN3O3S2.C2HF3O2/c19-16-5-3-15(4-6-16)14-21(18(23)17-2-1-12-26-17)11-13-27(24,25)22-9-7-20-8-10-22;3-2(4,5)1(6)7/h1-6,12,20H,7-11,13-14H2;(H,6,7). The minimum absolute atomic E-state index is 0.0837. The van der Waals surface area contributed by atoms with Gasteiger partial charge >= 0.3 is 12.1 Å². The summed E-state index contributed by atoms with van der Waals surface area (Å²) in [6.45, 7) is 2.46. The third-order valence-electron chi connectivity index (χ3n) is 4.64. The molecule has 188 valence electrons. The van der Waals surface area contributed by atoms with E-state index in [2.05, 4.69) is 5.32 Å². The summed E-state index contributed by atoms with van der Waals surface area (Å²) in [4.78, 5) is 23.8. The van der Waals surface area contributed by atoms with E-state index in [1.165, 1.54) is 32.7 Å². The van der Waals surface area contributed by atoms with E-state index in [1.54, 1.807) is 29.6 Å². The zero-order valence-electron chi connectivity index (χ0n) is 17.8. The molecule has 1 saturated heterocycles. The number of amides is 1. The van der Waals surface area contributed by atoms with Crippen LogP contribution in [-0.2, 0) is 21.4 Å². The third kappa shape index (κ3) is 8.66. The highest BCUT2D eigenvalue weighted by atomic mass is 32.2. The van der Waals surface area contributed by atoms with E-state index in [-0.39, 0.29) is 30.6 Å². The molecule has 1 aliphatic heterocycles. The Morgan fingerprint density at radius 2 is 1.71 bits per heavy atom. The minimum atomic E-state index is -5.08. The number of hydrogen-bond donors (Lipinski definition) is 2. The number of carboxylic acid groups (broad SMARTS) is 1. The van der Waals surface area contributed by atoms with Crippen LogP contribution >= 0.6 is 11.3 Å². The Bertz CT molecular complexity index is 1040. The predicted molar refractivity (Wildman–Crippen MR) is 117 cm³/mol. The van der Waals surface area contributed by atoms with Gasteiger partial charge in [-0.3, -0.25) is 4.79 Å². The fourth-order valence-electron chi connectivity index (χ4n) is 2.90. The molecule has 1 aliphatic rings. The van der Waals surface area contributed by atoms with E-state index in [9.17, 15) is 30.8 Å². The summed E-state index contributed by atoms with van der Waals surface area (Å²) in [7, 11) is -3.44. The predicted octanol–water partition coefficient (Wildman–Crippen LogP) is 2.40. The first-order chi connectivity index (χ1) is 15.9. The smallest absolute Gasteiger partial charge is 0.475 e. The lowest BCUT2D eigenvalue weighted by molar-refractivity contribution is -0.192. The molecule has 34 heavy (non-hydrogen) atoms. The average molecular weight is 526 g/mol. The molecule has 2 N–H and O–H groups in total. The van der Waals surface area contributed by atoms with Gasteiger partial charge in [0, 0.05) is 39.3 Å². The molecule has 0 unspecified atom stereocenters. The van der Waals surface area contributed by atoms with Crippen molar-refractivity contribution < 1.29 is 40.7 Å². The fourth-order valence-corrected chi connectivity index (χ4v) is 5.03. The maximum Gasteiger partial charge on any atom is 0.490 e. The van der Waals surface area contributed by atoms with Crippen LogP contribution < -0.4 is 5.32 Å². The lowest BCUT2D eigenvalue weighted by Gasteiger charge is -2.28. The molecule has 14 heteroatoms. The van der Waals surface area contributed by atoms with Crippen molar-refractivity contribution in [3.8, 4) is 0 Å². The molecule has 0 aliphatic carbocycles. The number of rotatable bonds is 7. The summed E-state index contributed by atoms with van der Waals surface area (Å²) in [5.74, 6) is -3.46. The molecular formula is C20H23F4N3O5S2. The third-order valence-corrected chi connectivity index (χ3v) is 7.35. The number of sulfonamides is 1. The molecule has 0 spiro atoms. The molecule has 2 heterocycles. The lowest BCUT2D eigenvalue weighted by Crippen LogP contribution is -2.48. The molecule has 2 aromatic rings. The highest BCUT2D eigenvalue weighted by Gasteiger charge is 2.38. The van der Waals surface area contributed by atoms with Gasteiger partial charge in [-0.2, -0.15) is 17.5 Å². The van der Waals surface area contributed by atoms with Crippen LogP contribution in [0.2, 0.25) is 0 Å². The number of carboxylic acids is 1. The number of hydrogen-bond acceptors (Lipinski definition) is 6. The second-order valence-electron chi connectivity index (χ2n) is 7.10. The van der Waals surface area contributed by atoms with Crippen molar-refractivity contribution in [3.05, 3.63) is 58.0 Å². The summed E-state index contributed by atoms with van der Waals surface area (Å²) in [6, 6.07) is 9.38. The number of carbonyl (C=O) groups excluding carboxylic acids is 1. The summed E-state index contributed by atoms with van der Waals surface area (Å²) in [6.07, 6.45) is -5.08. The van der Waals surface area contributed by atoms with Crippen molar-refractivity contribution in [2.75, 3.05) is 38.5 Å². The number of nitrogens with one attached hydrogen (secondary N) is 1. The first-order valence-corrected chi connectivity index (χ1v) is 12.4. The number of nitrogens with zero attached hydrogens (tertiary/aromatic N) is 2. The molecule has 1 aromatic heterocycles. The Morgan fingerprint density at radius 1 is 1.12 bits per heavy atom. The van der Waals surface area contributed by atoms with Gasteiger partial charge in [0.25, 0.3) is 5.91 Å². The molecule has 3 rings (SSSR count). The Balaban J connectivity index is 0.000000509. The molecule has 1 fully saturated rings. The molecule has 1 amide bonds. The second kappa shape index (κ2) is 12.2. The Morgan fingerprint density at radius 3 is 2.21 bits per heavy atom. The van der Waals surface area contributed by atoms with Crippen molar-refractivity contribution in [2.45, 2.75) is 12.7 Å². The second-order valence-corrected chi connectivity index (χ2v) is 10.1. The van der Waals surface area contributed by atoms with Crippen LogP contribution in [0.15, 0.2) is 41.8 Å². The number of alkyl halides is 3. The quantitative estimate of drug-likeness (QED) is 0.538.